The second-order valence-electron chi connectivity index (χ2n) is 3.84. The molecule has 0 unspecified atom stereocenters. The number of phenols is 1. The minimum Gasteiger partial charge on any atom is -0.507 e. The van der Waals surface area contributed by atoms with Gasteiger partial charge in [0.25, 0.3) is 0 Å². The third-order valence-corrected chi connectivity index (χ3v) is 2.75. The first kappa shape index (κ1) is 9.34. The first-order chi connectivity index (χ1) is 6.58. The normalized spacial score (nSPS) is 17.9. The van der Waals surface area contributed by atoms with Crippen molar-refractivity contribution in [3.8, 4) is 11.5 Å². The van der Waals surface area contributed by atoms with Gasteiger partial charge in [-0.3, -0.25) is 0 Å². The van der Waals surface area contributed by atoms with Crippen LogP contribution in [-0.2, 0) is 5.60 Å². The smallest absolute Gasteiger partial charge is 0.128 e. The number of hydrogen-bond acceptors (Lipinski definition) is 3. The molecule has 14 heavy (non-hydrogen) atoms. The molecule has 0 aromatic heterocycles. The Balaban J connectivity index is 2.59. The van der Waals surface area contributed by atoms with Gasteiger partial charge in [-0.1, -0.05) is 6.07 Å². The van der Waals surface area contributed by atoms with Crippen LogP contribution >= 0.6 is 0 Å². The summed E-state index contributed by atoms with van der Waals surface area (Å²) < 4.78 is 5.13. The summed E-state index contributed by atoms with van der Waals surface area (Å²) in [6.07, 6.45) is 1.39. The molecule has 2 N–H and O–H groups in total. The molecule has 2 rings (SSSR count). The lowest BCUT2D eigenvalue weighted by molar-refractivity contribution is 0.143. The summed E-state index contributed by atoms with van der Waals surface area (Å²) in [5.41, 5.74) is 0.447. The number of aryl methyl sites for hydroxylation is 1. The van der Waals surface area contributed by atoms with Crippen molar-refractivity contribution in [3.63, 3.8) is 0 Å². The van der Waals surface area contributed by atoms with E-state index in [1.165, 1.54) is 0 Å². The summed E-state index contributed by atoms with van der Waals surface area (Å²) in [6.45, 7) is 1.81. The largest absolute Gasteiger partial charge is 0.507 e. The molecule has 1 saturated carbocycles. The highest BCUT2D eigenvalue weighted by atomic mass is 16.5. The predicted molar refractivity (Wildman–Crippen MR) is 52.5 cm³/mol. The van der Waals surface area contributed by atoms with E-state index in [9.17, 15) is 10.2 Å². The summed E-state index contributed by atoms with van der Waals surface area (Å²) in [4.78, 5) is 0. The fourth-order valence-corrected chi connectivity index (χ4v) is 1.67. The van der Waals surface area contributed by atoms with E-state index in [2.05, 4.69) is 0 Å². The van der Waals surface area contributed by atoms with Gasteiger partial charge in [0.1, 0.15) is 11.5 Å². The van der Waals surface area contributed by atoms with Crippen LogP contribution in [0.1, 0.15) is 24.0 Å². The number of rotatable bonds is 2. The quantitative estimate of drug-likeness (QED) is 0.753. The van der Waals surface area contributed by atoms with Crippen LogP contribution in [0.2, 0.25) is 0 Å². The van der Waals surface area contributed by atoms with Crippen molar-refractivity contribution in [1.29, 1.82) is 0 Å². The number of methoxy groups -OCH3 is 1. The molecule has 3 heteroatoms. The lowest BCUT2D eigenvalue weighted by atomic mass is 10.0. The van der Waals surface area contributed by atoms with Crippen LogP contribution in [0.25, 0.3) is 0 Å². The fourth-order valence-electron chi connectivity index (χ4n) is 1.67. The van der Waals surface area contributed by atoms with E-state index in [0.29, 0.717) is 24.2 Å². The highest BCUT2D eigenvalue weighted by Gasteiger charge is 2.46. The number of aromatic hydroxyl groups is 1. The Hall–Kier alpha value is -1.22. The van der Waals surface area contributed by atoms with Crippen LogP contribution in [0.3, 0.4) is 0 Å². The molecule has 0 saturated heterocycles. The maximum absolute atomic E-state index is 9.98. The van der Waals surface area contributed by atoms with Crippen molar-refractivity contribution in [2.45, 2.75) is 25.4 Å². The fraction of sp³-hybridized carbons (Fsp3) is 0.455. The van der Waals surface area contributed by atoms with Crippen molar-refractivity contribution >= 4 is 0 Å². The zero-order valence-corrected chi connectivity index (χ0v) is 8.37. The zero-order valence-electron chi connectivity index (χ0n) is 8.37. The molecular weight excluding hydrogens is 180 g/mol. The second-order valence-corrected chi connectivity index (χ2v) is 3.84. The van der Waals surface area contributed by atoms with E-state index in [1.54, 1.807) is 19.2 Å². The summed E-state index contributed by atoms with van der Waals surface area (Å²) >= 11 is 0. The SMILES string of the molecule is COc1ccc(C)c(O)c1C1(O)CC1. The maximum Gasteiger partial charge on any atom is 0.128 e. The number of phenolic OH excluding ortho intramolecular Hbond substituents is 1. The minimum absolute atomic E-state index is 0.157. The molecule has 76 valence electrons. The molecule has 1 aromatic rings. The monoisotopic (exact) mass is 194 g/mol. The van der Waals surface area contributed by atoms with Crippen LogP contribution < -0.4 is 4.74 Å². The Bertz CT molecular complexity index is 367. The number of hydrogen-bond donors (Lipinski definition) is 2. The van der Waals surface area contributed by atoms with Gasteiger partial charge in [-0.2, -0.15) is 0 Å². The topological polar surface area (TPSA) is 49.7 Å². The number of ether oxygens (including phenoxy) is 1. The molecule has 1 aliphatic rings. The molecule has 0 heterocycles. The van der Waals surface area contributed by atoms with E-state index in [4.69, 9.17) is 4.74 Å². The van der Waals surface area contributed by atoms with Gasteiger partial charge in [0.2, 0.25) is 0 Å². The predicted octanol–water partition coefficient (Wildman–Crippen LogP) is 1.69. The molecule has 0 aliphatic heterocycles. The molecule has 1 aliphatic carbocycles. The Morgan fingerprint density at radius 3 is 2.50 bits per heavy atom. The van der Waals surface area contributed by atoms with E-state index in [0.717, 1.165) is 5.56 Å². The number of aliphatic hydroxyl groups is 1. The van der Waals surface area contributed by atoms with Crippen LogP contribution in [0.4, 0.5) is 0 Å². The number of benzene rings is 1. The standard InChI is InChI=1S/C11H14O3/c1-7-3-4-8(14-2)9(10(7)12)11(13)5-6-11/h3-4,12-13H,5-6H2,1-2H3. The third-order valence-electron chi connectivity index (χ3n) is 2.75. The lowest BCUT2D eigenvalue weighted by Crippen LogP contribution is -2.07. The van der Waals surface area contributed by atoms with Gasteiger partial charge in [0, 0.05) is 0 Å². The van der Waals surface area contributed by atoms with Gasteiger partial charge >= 0.3 is 0 Å². The van der Waals surface area contributed by atoms with E-state index >= 15 is 0 Å². The summed E-state index contributed by atoms with van der Waals surface area (Å²) in [7, 11) is 1.54. The molecule has 0 atom stereocenters. The molecule has 0 spiro atoms. The summed E-state index contributed by atoms with van der Waals surface area (Å²) in [5.74, 6) is 0.720. The van der Waals surface area contributed by atoms with Gasteiger partial charge < -0.3 is 14.9 Å². The van der Waals surface area contributed by atoms with Crippen LogP contribution in [0.15, 0.2) is 12.1 Å². The van der Waals surface area contributed by atoms with Crippen LogP contribution in [0.5, 0.6) is 11.5 Å². The van der Waals surface area contributed by atoms with Gasteiger partial charge in [-0.15, -0.1) is 0 Å². The lowest BCUT2D eigenvalue weighted by Gasteiger charge is -2.16. The molecule has 0 radical (unpaired) electrons. The van der Waals surface area contributed by atoms with E-state index in [-0.39, 0.29) is 5.75 Å². The van der Waals surface area contributed by atoms with Crippen molar-refractivity contribution in [1.82, 2.24) is 0 Å². The second kappa shape index (κ2) is 2.89. The highest BCUT2D eigenvalue weighted by molar-refractivity contribution is 5.53. The first-order valence-corrected chi connectivity index (χ1v) is 4.68. The molecule has 3 nitrogen and oxygen atoms in total. The Morgan fingerprint density at radius 2 is 2.00 bits per heavy atom. The minimum atomic E-state index is -0.860. The molecule has 0 amide bonds. The van der Waals surface area contributed by atoms with Gasteiger partial charge in [0.15, 0.2) is 0 Å². The van der Waals surface area contributed by atoms with Crippen molar-refractivity contribution in [3.05, 3.63) is 23.3 Å². The van der Waals surface area contributed by atoms with E-state index in [1.807, 2.05) is 6.92 Å². The van der Waals surface area contributed by atoms with Crippen molar-refractivity contribution < 1.29 is 14.9 Å². The van der Waals surface area contributed by atoms with Crippen LogP contribution in [-0.4, -0.2) is 17.3 Å². The third kappa shape index (κ3) is 1.24. The Labute approximate surface area is 83.0 Å². The molecule has 1 fully saturated rings. The van der Waals surface area contributed by atoms with Gasteiger partial charge in [-0.05, 0) is 31.4 Å². The molecule has 1 aromatic carbocycles. The average Bonchev–Trinajstić information content (AvgIpc) is 2.89. The summed E-state index contributed by atoms with van der Waals surface area (Å²) in [5, 5.41) is 19.8. The molecular formula is C11H14O3. The highest BCUT2D eigenvalue weighted by Crippen LogP contribution is 2.52. The van der Waals surface area contributed by atoms with Crippen molar-refractivity contribution in [2.24, 2.45) is 0 Å². The van der Waals surface area contributed by atoms with Gasteiger partial charge in [0.05, 0.1) is 18.3 Å². The zero-order chi connectivity index (χ0) is 10.3. The average molecular weight is 194 g/mol. The van der Waals surface area contributed by atoms with Gasteiger partial charge in [-0.25, -0.2) is 0 Å². The molecule has 0 bridgehead atoms. The first-order valence-electron chi connectivity index (χ1n) is 4.68. The van der Waals surface area contributed by atoms with Crippen molar-refractivity contribution in [2.75, 3.05) is 7.11 Å². The summed E-state index contributed by atoms with van der Waals surface area (Å²) in [6, 6.07) is 3.56. The van der Waals surface area contributed by atoms with E-state index < -0.39 is 5.60 Å². The Kier molecular flexibility index (Phi) is 1.93. The maximum atomic E-state index is 9.98. The van der Waals surface area contributed by atoms with Crippen LogP contribution in [0, 0.1) is 6.92 Å². The Morgan fingerprint density at radius 1 is 1.36 bits per heavy atom.